The maximum Gasteiger partial charge on any atom is 0.261 e. The Hall–Kier alpha value is -2.15. The van der Waals surface area contributed by atoms with E-state index in [9.17, 15) is 4.79 Å². The molecule has 23 heavy (non-hydrogen) atoms. The molecule has 6 nitrogen and oxygen atoms in total. The lowest BCUT2D eigenvalue weighted by Crippen LogP contribution is -2.27. The lowest BCUT2D eigenvalue weighted by Gasteiger charge is -2.05. The SMILES string of the molecule is Cc1ccsc1C(=O)NCCn1ncc2c1c(C)nn2C(C)C. The van der Waals surface area contributed by atoms with E-state index in [1.165, 1.54) is 11.3 Å². The van der Waals surface area contributed by atoms with Crippen molar-refractivity contribution >= 4 is 28.3 Å². The maximum atomic E-state index is 12.1. The van der Waals surface area contributed by atoms with Crippen molar-refractivity contribution in [2.45, 2.75) is 40.3 Å². The van der Waals surface area contributed by atoms with E-state index in [1.54, 1.807) is 0 Å². The normalized spacial score (nSPS) is 11.5. The first-order chi connectivity index (χ1) is 11.0. The minimum atomic E-state index is -0.0181. The molecule has 1 amide bonds. The number of hydrogen-bond acceptors (Lipinski definition) is 4. The van der Waals surface area contributed by atoms with Crippen molar-refractivity contribution in [1.29, 1.82) is 0 Å². The molecular weight excluding hydrogens is 310 g/mol. The second kappa shape index (κ2) is 6.16. The predicted molar refractivity (Wildman–Crippen MR) is 92.0 cm³/mol. The van der Waals surface area contributed by atoms with Gasteiger partial charge in [0.2, 0.25) is 0 Å². The zero-order chi connectivity index (χ0) is 16.6. The van der Waals surface area contributed by atoms with E-state index < -0.39 is 0 Å². The van der Waals surface area contributed by atoms with E-state index in [0.717, 1.165) is 27.2 Å². The molecule has 0 aromatic carbocycles. The monoisotopic (exact) mass is 331 g/mol. The third kappa shape index (κ3) is 2.88. The van der Waals surface area contributed by atoms with Crippen LogP contribution in [0, 0.1) is 13.8 Å². The van der Waals surface area contributed by atoms with E-state index in [1.807, 2.05) is 40.9 Å². The summed E-state index contributed by atoms with van der Waals surface area (Å²) in [4.78, 5) is 12.9. The fourth-order valence-electron chi connectivity index (χ4n) is 2.70. The summed E-state index contributed by atoms with van der Waals surface area (Å²) in [5.74, 6) is -0.0181. The zero-order valence-corrected chi connectivity index (χ0v) is 14.6. The molecule has 0 fully saturated rings. The summed E-state index contributed by atoms with van der Waals surface area (Å²) >= 11 is 1.47. The number of carbonyl (C=O) groups excluding carboxylic acids is 1. The van der Waals surface area contributed by atoms with Crippen molar-refractivity contribution in [1.82, 2.24) is 24.9 Å². The highest BCUT2D eigenvalue weighted by Crippen LogP contribution is 2.21. The highest BCUT2D eigenvalue weighted by atomic mass is 32.1. The first kappa shape index (κ1) is 15.7. The number of amides is 1. The Labute approximate surface area is 139 Å². The van der Waals surface area contributed by atoms with Crippen molar-refractivity contribution < 1.29 is 4.79 Å². The number of thiophene rings is 1. The summed E-state index contributed by atoms with van der Waals surface area (Å²) in [5, 5.41) is 13.9. The number of hydrogen-bond donors (Lipinski definition) is 1. The molecule has 3 aromatic rings. The third-order valence-electron chi connectivity index (χ3n) is 3.83. The average molecular weight is 331 g/mol. The van der Waals surface area contributed by atoms with Gasteiger partial charge in [-0.2, -0.15) is 10.2 Å². The topological polar surface area (TPSA) is 64.7 Å². The summed E-state index contributed by atoms with van der Waals surface area (Å²) in [5.41, 5.74) is 4.06. The van der Waals surface area contributed by atoms with Crippen LogP contribution in [0.25, 0.3) is 11.0 Å². The average Bonchev–Trinajstić information content (AvgIpc) is 3.17. The molecule has 0 saturated heterocycles. The van der Waals surface area contributed by atoms with Crippen LogP contribution in [0.3, 0.4) is 0 Å². The van der Waals surface area contributed by atoms with Crippen LogP contribution in [0.5, 0.6) is 0 Å². The minimum Gasteiger partial charge on any atom is -0.349 e. The summed E-state index contributed by atoms with van der Waals surface area (Å²) < 4.78 is 3.90. The van der Waals surface area contributed by atoms with Gasteiger partial charge in [0.25, 0.3) is 5.91 Å². The van der Waals surface area contributed by atoms with Gasteiger partial charge in [-0.1, -0.05) is 0 Å². The minimum absolute atomic E-state index is 0.0181. The number of nitrogens with zero attached hydrogens (tertiary/aromatic N) is 4. The van der Waals surface area contributed by atoms with Crippen LogP contribution in [0.1, 0.15) is 40.8 Å². The summed E-state index contributed by atoms with van der Waals surface area (Å²) in [6.07, 6.45) is 1.85. The number of carbonyl (C=O) groups is 1. The van der Waals surface area contributed by atoms with Crippen LogP contribution in [0.2, 0.25) is 0 Å². The number of aryl methyl sites for hydroxylation is 2. The molecule has 0 aliphatic rings. The van der Waals surface area contributed by atoms with Crippen molar-refractivity contribution in [2.24, 2.45) is 0 Å². The molecule has 3 rings (SSSR count). The molecule has 0 aliphatic heterocycles. The second-order valence-corrected chi connectivity index (χ2v) is 6.83. The Morgan fingerprint density at radius 3 is 2.83 bits per heavy atom. The molecular formula is C16H21N5OS. The quantitative estimate of drug-likeness (QED) is 0.782. The summed E-state index contributed by atoms with van der Waals surface area (Å²) in [6, 6.07) is 2.26. The van der Waals surface area contributed by atoms with Crippen LogP contribution < -0.4 is 5.32 Å². The Kier molecular flexibility index (Phi) is 4.21. The highest BCUT2D eigenvalue weighted by Gasteiger charge is 2.15. The first-order valence-corrected chi connectivity index (χ1v) is 8.60. The predicted octanol–water partition coefficient (Wildman–Crippen LogP) is 2.92. The van der Waals surface area contributed by atoms with Gasteiger partial charge in [0.05, 0.1) is 23.3 Å². The Morgan fingerprint density at radius 1 is 1.39 bits per heavy atom. The molecule has 0 bridgehead atoms. The van der Waals surface area contributed by atoms with E-state index >= 15 is 0 Å². The van der Waals surface area contributed by atoms with Crippen LogP contribution in [-0.4, -0.2) is 32.0 Å². The number of fused-ring (bicyclic) bond motifs is 1. The van der Waals surface area contributed by atoms with Gasteiger partial charge < -0.3 is 5.32 Å². The molecule has 0 spiro atoms. The summed E-state index contributed by atoms with van der Waals surface area (Å²) in [6.45, 7) is 9.32. The number of nitrogens with one attached hydrogen (secondary N) is 1. The molecule has 0 radical (unpaired) electrons. The van der Waals surface area contributed by atoms with Crippen LogP contribution >= 0.6 is 11.3 Å². The van der Waals surface area contributed by atoms with Gasteiger partial charge >= 0.3 is 0 Å². The largest absolute Gasteiger partial charge is 0.349 e. The van der Waals surface area contributed by atoms with Crippen LogP contribution in [-0.2, 0) is 6.54 Å². The lowest BCUT2D eigenvalue weighted by atomic mass is 10.3. The third-order valence-corrected chi connectivity index (χ3v) is 4.85. The molecule has 0 unspecified atom stereocenters. The highest BCUT2D eigenvalue weighted by molar-refractivity contribution is 7.12. The second-order valence-electron chi connectivity index (χ2n) is 5.91. The lowest BCUT2D eigenvalue weighted by molar-refractivity contribution is 0.0955. The van der Waals surface area contributed by atoms with Gasteiger partial charge in [-0.25, -0.2) is 0 Å². The van der Waals surface area contributed by atoms with Crippen molar-refractivity contribution in [2.75, 3.05) is 6.54 Å². The smallest absolute Gasteiger partial charge is 0.261 e. The summed E-state index contributed by atoms with van der Waals surface area (Å²) in [7, 11) is 0. The van der Waals surface area contributed by atoms with E-state index in [0.29, 0.717) is 19.1 Å². The van der Waals surface area contributed by atoms with Gasteiger partial charge in [-0.15, -0.1) is 11.3 Å². The van der Waals surface area contributed by atoms with Crippen molar-refractivity contribution in [3.63, 3.8) is 0 Å². The molecule has 0 aliphatic carbocycles. The molecule has 3 aromatic heterocycles. The standard InChI is InChI=1S/C16H21N5OS/c1-10(2)21-13-9-18-20(14(13)12(4)19-21)7-6-17-16(22)15-11(3)5-8-23-15/h5,8-10H,6-7H2,1-4H3,(H,17,22). The number of rotatable bonds is 5. The van der Waals surface area contributed by atoms with Crippen molar-refractivity contribution in [3.8, 4) is 0 Å². The fraction of sp³-hybridized carbons (Fsp3) is 0.438. The van der Waals surface area contributed by atoms with Gasteiger partial charge in [0, 0.05) is 12.6 Å². The maximum absolute atomic E-state index is 12.1. The first-order valence-electron chi connectivity index (χ1n) is 7.72. The van der Waals surface area contributed by atoms with Gasteiger partial charge in [0.15, 0.2) is 0 Å². The molecule has 122 valence electrons. The molecule has 1 N–H and O–H groups in total. The van der Waals surface area contributed by atoms with Crippen LogP contribution in [0.4, 0.5) is 0 Å². The fourth-order valence-corrected chi connectivity index (χ4v) is 3.54. The molecule has 3 heterocycles. The van der Waals surface area contributed by atoms with Gasteiger partial charge in [-0.05, 0) is 44.7 Å². The van der Waals surface area contributed by atoms with Gasteiger partial charge in [-0.3, -0.25) is 14.2 Å². The zero-order valence-electron chi connectivity index (χ0n) is 13.8. The molecule has 0 atom stereocenters. The van der Waals surface area contributed by atoms with E-state index in [2.05, 4.69) is 29.4 Å². The van der Waals surface area contributed by atoms with Crippen LogP contribution in [0.15, 0.2) is 17.6 Å². The molecule has 7 heteroatoms. The Bertz CT molecular complexity index is 842. The molecule has 0 saturated carbocycles. The van der Waals surface area contributed by atoms with E-state index in [-0.39, 0.29) is 5.91 Å². The van der Waals surface area contributed by atoms with Gasteiger partial charge in [0.1, 0.15) is 11.0 Å². The Morgan fingerprint density at radius 2 is 2.17 bits per heavy atom. The Balaban J connectivity index is 1.71. The van der Waals surface area contributed by atoms with Crippen molar-refractivity contribution in [3.05, 3.63) is 33.8 Å². The number of aromatic nitrogens is 4. The van der Waals surface area contributed by atoms with E-state index in [4.69, 9.17) is 0 Å².